The van der Waals surface area contributed by atoms with Crippen molar-refractivity contribution in [2.24, 2.45) is 0 Å². The summed E-state index contributed by atoms with van der Waals surface area (Å²) >= 11 is 0. The highest BCUT2D eigenvalue weighted by Gasteiger charge is 2.38. The third kappa shape index (κ3) is 5.15. The lowest BCUT2D eigenvalue weighted by atomic mass is 10.2. The summed E-state index contributed by atoms with van der Waals surface area (Å²) in [6.07, 6.45) is -3.82. The van der Waals surface area contributed by atoms with E-state index in [-0.39, 0.29) is 17.9 Å². The summed E-state index contributed by atoms with van der Waals surface area (Å²) in [5.41, 5.74) is 0.0456. The Labute approximate surface area is 137 Å². The number of alkyl halides is 3. The quantitative estimate of drug-likeness (QED) is 0.833. The van der Waals surface area contributed by atoms with Gasteiger partial charge in [-0.25, -0.2) is 8.42 Å². The Balaban J connectivity index is 3.33. The summed E-state index contributed by atoms with van der Waals surface area (Å²) in [5, 5.41) is 1.43. The Morgan fingerprint density at radius 2 is 1.92 bits per heavy atom. The van der Waals surface area contributed by atoms with Crippen LogP contribution in [0.4, 0.5) is 13.2 Å². The minimum Gasteiger partial charge on any atom is -0.493 e. The molecule has 0 heterocycles. The lowest BCUT2D eigenvalue weighted by Gasteiger charge is -2.13. The van der Waals surface area contributed by atoms with Gasteiger partial charge in [0.05, 0.1) is 18.6 Å². The Morgan fingerprint density at radius 1 is 1.29 bits per heavy atom. The summed E-state index contributed by atoms with van der Waals surface area (Å²) in [5.74, 6) is -1.73. The van der Waals surface area contributed by atoms with Crippen LogP contribution in [0.5, 0.6) is 11.5 Å². The van der Waals surface area contributed by atoms with E-state index in [9.17, 15) is 26.4 Å². The number of nitrogens with one attached hydrogen (secondary N) is 1. The lowest BCUT2D eigenvalue weighted by molar-refractivity contribution is -0.172. The Bertz CT molecular complexity index is 741. The normalized spacial score (nSPS) is 12.7. The molecular formula is C14H16F3NO5S. The second-order valence-electron chi connectivity index (χ2n) is 4.55. The van der Waals surface area contributed by atoms with Gasteiger partial charge in [-0.1, -0.05) is 0 Å². The van der Waals surface area contributed by atoms with E-state index in [1.54, 1.807) is 6.92 Å². The summed E-state index contributed by atoms with van der Waals surface area (Å²) < 4.78 is 70.7. The van der Waals surface area contributed by atoms with Crippen molar-refractivity contribution in [2.45, 2.75) is 13.1 Å². The number of amides is 1. The zero-order valence-electron chi connectivity index (χ0n) is 13.1. The fourth-order valence-electron chi connectivity index (χ4n) is 1.72. The molecule has 0 spiro atoms. The molecule has 0 aliphatic heterocycles. The van der Waals surface area contributed by atoms with Gasteiger partial charge in [-0.3, -0.25) is 4.79 Å². The molecule has 0 aliphatic carbocycles. The number of halogens is 3. The maximum atomic E-state index is 12.2. The molecule has 6 nitrogen and oxygen atoms in total. The SMILES string of the molecule is CCOc1cc(C(=CNC(=O)C(F)(F)F)S(C)(=O)=O)ccc1OC. The van der Waals surface area contributed by atoms with E-state index in [0.29, 0.717) is 11.9 Å². The van der Waals surface area contributed by atoms with E-state index in [1.165, 1.54) is 30.6 Å². The largest absolute Gasteiger partial charge is 0.493 e. The fourth-order valence-corrected chi connectivity index (χ4v) is 2.54. The number of methoxy groups -OCH3 is 1. The number of sulfone groups is 1. The van der Waals surface area contributed by atoms with Crippen LogP contribution >= 0.6 is 0 Å². The Kier molecular flexibility index (Phi) is 6.24. The number of ether oxygens (including phenoxy) is 2. The number of hydrogen-bond donors (Lipinski definition) is 1. The molecule has 0 bridgehead atoms. The van der Waals surface area contributed by atoms with Gasteiger partial charge in [-0.05, 0) is 30.7 Å². The number of carbonyl (C=O) groups excluding carboxylic acids is 1. The van der Waals surface area contributed by atoms with Crippen molar-refractivity contribution < 1.29 is 35.9 Å². The van der Waals surface area contributed by atoms with Crippen molar-refractivity contribution >= 4 is 20.6 Å². The molecule has 24 heavy (non-hydrogen) atoms. The van der Waals surface area contributed by atoms with Gasteiger partial charge >= 0.3 is 12.1 Å². The van der Waals surface area contributed by atoms with E-state index in [0.717, 1.165) is 6.26 Å². The molecule has 0 radical (unpaired) electrons. The third-order valence-electron chi connectivity index (χ3n) is 2.74. The summed E-state index contributed by atoms with van der Waals surface area (Å²) in [7, 11) is -2.54. The highest BCUT2D eigenvalue weighted by molar-refractivity contribution is 8.00. The topological polar surface area (TPSA) is 81.7 Å². The van der Waals surface area contributed by atoms with E-state index in [1.807, 2.05) is 0 Å². The van der Waals surface area contributed by atoms with Crippen LogP contribution in [0, 0.1) is 0 Å². The van der Waals surface area contributed by atoms with E-state index in [4.69, 9.17) is 9.47 Å². The van der Waals surface area contributed by atoms with Gasteiger partial charge < -0.3 is 14.8 Å². The second kappa shape index (κ2) is 7.56. The first-order chi connectivity index (χ1) is 11.0. The zero-order valence-corrected chi connectivity index (χ0v) is 13.9. The maximum Gasteiger partial charge on any atom is 0.471 e. The van der Waals surface area contributed by atoms with Gasteiger partial charge in [0.2, 0.25) is 0 Å². The van der Waals surface area contributed by atoms with Gasteiger partial charge in [-0.15, -0.1) is 0 Å². The van der Waals surface area contributed by atoms with Crippen molar-refractivity contribution in [1.29, 1.82) is 0 Å². The fraction of sp³-hybridized carbons (Fsp3) is 0.357. The molecule has 1 rings (SSSR count). The first-order valence-corrected chi connectivity index (χ1v) is 8.49. The predicted octanol–water partition coefficient (Wildman–Crippen LogP) is 2.12. The maximum absolute atomic E-state index is 12.2. The third-order valence-corrected chi connectivity index (χ3v) is 3.89. The number of rotatable bonds is 6. The molecule has 0 aliphatic rings. The zero-order chi connectivity index (χ0) is 18.5. The molecule has 1 N–H and O–H groups in total. The minimum absolute atomic E-state index is 0.0456. The van der Waals surface area contributed by atoms with Crippen LogP contribution < -0.4 is 14.8 Å². The second-order valence-corrected chi connectivity index (χ2v) is 6.53. The average Bonchev–Trinajstić information content (AvgIpc) is 2.45. The highest BCUT2D eigenvalue weighted by Crippen LogP contribution is 2.32. The van der Waals surface area contributed by atoms with Crippen LogP contribution in [0.3, 0.4) is 0 Å². The van der Waals surface area contributed by atoms with Gasteiger partial charge in [0.25, 0.3) is 0 Å². The molecule has 134 valence electrons. The Hall–Kier alpha value is -2.23. The predicted molar refractivity (Wildman–Crippen MR) is 81.2 cm³/mol. The molecule has 0 saturated carbocycles. The number of benzene rings is 1. The van der Waals surface area contributed by atoms with Crippen molar-refractivity contribution in [3.8, 4) is 11.5 Å². The number of carbonyl (C=O) groups is 1. The van der Waals surface area contributed by atoms with Crippen LogP contribution in [-0.4, -0.2) is 40.5 Å². The molecule has 0 saturated heterocycles. The average molecular weight is 367 g/mol. The van der Waals surface area contributed by atoms with Gasteiger partial charge in [0.1, 0.15) is 0 Å². The van der Waals surface area contributed by atoms with E-state index >= 15 is 0 Å². The number of hydrogen-bond acceptors (Lipinski definition) is 5. The monoisotopic (exact) mass is 367 g/mol. The molecular weight excluding hydrogens is 351 g/mol. The smallest absolute Gasteiger partial charge is 0.471 e. The highest BCUT2D eigenvalue weighted by atomic mass is 32.2. The lowest BCUT2D eigenvalue weighted by Crippen LogP contribution is -2.33. The molecule has 0 atom stereocenters. The summed E-state index contributed by atoms with van der Waals surface area (Å²) in [6, 6.07) is 4.04. The Morgan fingerprint density at radius 3 is 2.38 bits per heavy atom. The molecule has 1 amide bonds. The summed E-state index contributed by atoms with van der Waals surface area (Å²) in [4.78, 5) is 10.4. The molecule has 0 aromatic heterocycles. The molecule has 1 aromatic carbocycles. The first kappa shape index (κ1) is 19.8. The standard InChI is InChI=1S/C14H16F3NO5S/c1-4-23-11-7-9(5-6-10(11)22-2)12(24(3,20)21)8-18-13(19)14(15,16)17/h5-8H,4H2,1-3H3,(H,18,19). The van der Waals surface area contributed by atoms with Crippen molar-refractivity contribution in [2.75, 3.05) is 20.0 Å². The van der Waals surface area contributed by atoms with E-state index in [2.05, 4.69) is 0 Å². The van der Waals surface area contributed by atoms with Crippen LogP contribution in [-0.2, 0) is 14.6 Å². The van der Waals surface area contributed by atoms with E-state index < -0.39 is 26.8 Å². The van der Waals surface area contributed by atoms with Crippen molar-refractivity contribution in [1.82, 2.24) is 5.32 Å². The molecule has 0 unspecified atom stereocenters. The minimum atomic E-state index is -5.13. The van der Waals surface area contributed by atoms with Gasteiger partial charge in [0.15, 0.2) is 21.3 Å². The first-order valence-electron chi connectivity index (χ1n) is 6.59. The summed E-state index contributed by atoms with van der Waals surface area (Å²) in [6.45, 7) is 1.96. The van der Waals surface area contributed by atoms with Crippen molar-refractivity contribution in [3.63, 3.8) is 0 Å². The van der Waals surface area contributed by atoms with Gasteiger partial charge in [0, 0.05) is 12.5 Å². The molecule has 10 heteroatoms. The van der Waals surface area contributed by atoms with Crippen LogP contribution in [0.15, 0.2) is 24.4 Å². The molecule has 1 aromatic rings. The van der Waals surface area contributed by atoms with Gasteiger partial charge in [-0.2, -0.15) is 13.2 Å². The molecule has 0 fully saturated rings. The van der Waals surface area contributed by atoms with Crippen LogP contribution in [0.2, 0.25) is 0 Å². The van der Waals surface area contributed by atoms with Crippen LogP contribution in [0.25, 0.3) is 4.91 Å². The van der Waals surface area contributed by atoms with Crippen LogP contribution in [0.1, 0.15) is 12.5 Å². The van der Waals surface area contributed by atoms with Crippen molar-refractivity contribution in [3.05, 3.63) is 30.0 Å².